The quantitative estimate of drug-likeness (QED) is 0.344. The molecule has 0 aliphatic carbocycles. The number of benzene rings is 3. The summed E-state index contributed by atoms with van der Waals surface area (Å²) in [7, 11) is 1.34. The van der Waals surface area contributed by atoms with Crippen LogP contribution in [-0.2, 0) is 9.05 Å². The third-order valence-electron chi connectivity index (χ3n) is 4.55. The Morgan fingerprint density at radius 3 is 2.03 bits per heavy atom. The lowest BCUT2D eigenvalue weighted by Crippen LogP contribution is -2.33. The van der Waals surface area contributed by atoms with Gasteiger partial charge in [-0.15, -0.1) is 0 Å². The number of carboxylic acid groups (broad SMARTS) is 1. The Kier molecular flexibility index (Phi) is 10.0. The van der Waals surface area contributed by atoms with E-state index in [0.29, 0.717) is 12.0 Å². The summed E-state index contributed by atoms with van der Waals surface area (Å²) in [6.45, 7) is 2.36. The van der Waals surface area contributed by atoms with E-state index in [1.54, 1.807) is 0 Å². The van der Waals surface area contributed by atoms with Gasteiger partial charge in [0.15, 0.2) is 0 Å². The van der Waals surface area contributed by atoms with E-state index in [1.807, 2.05) is 18.2 Å². The van der Waals surface area contributed by atoms with Crippen LogP contribution in [0.4, 0.5) is 14.9 Å². The molecule has 3 rings (SSSR count). The number of aryl methyl sites for hydroxylation is 1. The number of nitrogens with one attached hydrogen (secondary N) is 1. The van der Waals surface area contributed by atoms with E-state index in [9.17, 15) is 27.5 Å². The molecule has 3 aromatic carbocycles. The lowest BCUT2D eigenvalue weighted by atomic mass is 10.2. The third kappa shape index (κ3) is 8.84. The molecule has 0 bridgehead atoms. The fourth-order valence-corrected chi connectivity index (χ4v) is 3.57. The van der Waals surface area contributed by atoms with Gasteiger partial charge in [-0.1, -0.05) is 35.9 Å². The molecule has 7 nitrogen and oxygen atoms in total. The zero-order chi connectivity index (χ0) is 25.1. The highest BCUT2D eigenvalue weighted by Crippen LogP contribution is 2.21. The Morgan fingerprint density at radius 1 is 0.971 bits per heavy atom. The van der Waals surface area contributed by atoms with Gasteiger partial charge in [0.25, 0.3) is 15.0 Å². The zero-order valence-electron chi connectivity index (χ0n) is 18.3. The second kappa shape index (κ2) is 12.7. The van der Waals surface area contributed by atoms with Gasteiger partial charge in [-0.2, -0.15) is 0 Å². The molecule has 0 spiro atoms. The van der Waals surface area contributed by atoms with Crippen molar-refractivity contribution >= 4 is 37.4 Å². The van der Waals surface area contributed by atoms with Gasteiger partial charge in [-0.25, -0.2) is 17.6 Å². The van der Waals surface area contributed by atoms with Gasteiger partial charge in [0, 0.05) is 35.0 Å². The molecule has 180 valence electrons. The summed E-state index contributed by atoms with van der Waals surface area (Å²) in [6.07, 6.45) is -0.907. The summed E-state index contributed by atoms with van der Waals surface area (Å²) >= 11 is 0. The molecule has 0 atom stereocenters. The predicted octanol–water partition coefficient (Wildman–Crippen LogP) is 5.05. The van der Waals surface area contributed by atoms with Crippen molar-refractivity contribution in [2.45, 2.75) is 18.2 Å². The molecule has 3 aromatic rings. The summed E-state index contributed by atoms with van der Waals surface area (Å²) < 4.78 is 35.3. The summed E-state index contributed by atoms with van der Waals surface area (Å²) in [6, 6.07) is 20.4. The Bertz CT molecular complexity index is 1190. The minimum atomic E-state index is -3.89. The maximum atomic E-state index is 12.8. The van der Waals surface area contributed by atoms with Gasteiger partial charge in [0.2, 0.25) is 0 Å². The van der Waals surface area contributed by atoms with Crippen LogP contribution in [0.15, 0.2) is 83.8 Å². The van der Waals surface area contributed by atoms with E-state index in [2.05, 4.69) is 24.4 Å². The number of carbonyl (C=O) groups excluding carboxylic acids is 1. The highest BCUT2D eigenvalue weighted by atomic mass is 35.7. The van der Waals surface area contributed by atoms with Crippen LogP contribution in [-0.4, -0.2) is 38.6 Å². The lowest BCUT2D eigenvalue weighted by molar-refractivity contribution is 0.0953. The molecule has 0 heterocycles. The zero-order valence-corrected chi connectivity index (χ0v) is 19.9. The molecule has 0 aliphatic rings. The van der Waals surface area contributed by atoms with Gasteiger partial charge in [0.1, 0.15) is 5.82 Å². The van der Waals surface area contributed by atoms with Crippen LogP contribution >= 0.6 is 10.7 Å². The van der Waals surface area contributed by atoms with Crippen molar-refractivity contribution in [2.75, 3.05) is 18.0 Å². The Labute approximate surface area is 202 Å². The largest absolute Gasteiger partial charge is 0.465 e. The van der Waals surface area contributed by atoms with Gasteiger partial charge >= 0.3 is 6.09 Å². The molecule has 2 amide bonds. The summed E-state index contributed by atoms with van der Waals surface area (Å²) in [5.74, 6) is -0.842. The molecule has 0 aliphatic heterocycles. The van der Waals surface area contributed by atoms with Crippen molar-refractivity contribution < 1.29 is 27.5 Å². The summed E-state index contributed by atoms with van der Waals surface area (Å²) in [5.41, 5.74) is 1.89. The topological polar surface area (TPSA) is 104 Å². The van der Waals surface area contributed by atoms with Crippen LogP contribution in [0.3, 0.4) is 0 Å². The maximum absolute atomic E-state index is 12.8. The van der Waals surface area contributed by atoms with Gasteiger partial charge < -0.3 is 10.4 Å². The first-order valence-electron chi connectivity index (χ1n) is 10.2. The summed E-state index contributed by atoms with van der Waals surface area (Å²) in [5, 5.41) is 11.9. The maximum Gasteiger partial charge on any atom is 0.411 e. The molecule has 0 aromatic heterocycles. The summed E-state index contributed by atoms with van der Waals surface area (Å²) in [4.78, 5) is 24.2. The highest BCUT2D eigenvalue weighted by Gasteiger charge is 2.16. The number of anilines is 1. The molecule has 0 radical (unpaired) electrons. The number of nitrogens with zero attached hydrogens (tertiary/aromatic N) is 1. The Morgan fingerprint density at radius 2 is 1.56 bits per heavy atom. The molecule has 0 unspecified atom stereocenters. The third-order valence-corrected chi connectivity index (χ3v) is 5.92. The first kappa shape index (κ1) is 26.8. The van der Waals surface area contributed by atoms with Crippen LogP contribution < -0.4 is 10.2 Å². The first-order valence-corrected chi connectivity index (χ1v) is 12.5. The molecule has 2 N–H and O–H groups in total. The fraction of sp³-hybridized carbons (Fsp3) is 0.167. The average Bonchev–Trinajstić information content (AvgIpc) is 2.79. The van der Waals surface area contributed by atoms with Crippen molar-refractivity contribution in [1.82, 2.24) is 5.32 Å². The highest BCUT2D eigenvalue weighted by molar-refractivity contribution is 8.13. The number of amides is 2. The minimum Gasteiger partial charge on any atom is -0.465 e. The SMILES string of the molecule is Cc1ccccc1.O=C(NCCCN(C(=O)O)c1ccc(S(=O)(=O)Cl)cc1)c1ccc(F)cc1. The van der Waals surface area contributed by atoms with Crippen molar-refractivity contribution in [3.8, 4) is 0 Å². The smallest absolute Gasteiger partial charge is 0.411 e. The molecular formula is C24H24ClFN2O5S. The van der Waals surface area contributed by atoms with Crippen LogP contribution in [0.2, 0.25) is 0 Å². The van der Waals surface area contributed by atoms with E-state index in [-0.39, 0.29) is 23.7 Å². The van der Waals surface area contributed by atoms with Crippen molar-refractivity contribution in [2.24, 2.45) is 0 Å². The van der Waals surface area contributed by atoms with Gasteiger partial charge in [-0.05, 0) is 61.9 Å². The van der Waals surface area contributed by atoms with Gasteiger partial charge in [-0.3, -0.25) is 9.69 Å². The standard InChI is InChI=1S/C17H16ClFN2O5S.C7H8/c18-27(25,26)15-8-6-14(7-9-15)21(17(23)24)11-1-10-20-16(22)12-2-4-13(19)5-3-12;1-7-5-3-2-4-6-7/h2-9H,1,10-11H2,(H,20,22)(H,23,24);2-6H,1H3. The molecule has 0 saturated heterocycles. The van der Waals surface area contributed by atoms with E-state index >= 15 is 0 Å². The second-order valence-electron chi connectivity index (χ2n) is 7.14. The van der Waals surface area contributed by atoms with E-state index in [1.165, 1.54) is 54.1 Å². The van der Waals surface area contributed by atoms with E-state index < -0.39 is 26.9 Å². The Balaban J connectivity index is 0.000000497. The monoisotopic (exact) mass is 506 g/mol. The van der Waals surface area contributed by atoms with Crippen LogP contribution in [0.5, 0.6) is 0 Å². The second-order valence-corrected chi connectivity index (χ2v) is 9.70. The van der Waals surface area contributed by atoms with E-state index in [4.69, 9.17) is 10.7 Å². The van der Waals surface area contributed by atoms with Crippen molar-refractivity contribution in [3.63, 3.8) is 0 Å². The lowest BCUT2D eigenvalue weighted by Gasteiger charge is -2.19. The number of hydrogen-bond donors (Lipinski definition) is 2. The Hall–Kier alpha value is -3.43. The minimum absolute atomic E-state index is 0.0754. The van der Waals surface area contributed by atoms with Crippen molar-refractivity contribution in [1.29, 1.82) is 0 Å². The van der Waals surface area contributed by atoms with Crippen LogP contribution in [0.25, 0.3) is 0 Å². The number of halogens is 2. The predicted molar refractivity (Wildman–Crippen MR) is 129 cm³/mol. The van der Waals surface area contributed by atoms with E-state index in [0.717, 1.165) is 4.90 Å². The molecule has 34 heavy (non-hydrogen) atoms. The van der Waals surface area contributed by atoms with Crippen LogP contribution in [0.1, 0.15) is 22.3 Å². The average molecular weight is 507 g/mol. The molecule has 0 fully saturated rings. The van der Waals surface area contributed by atoms with Crippen LogP contribution in [0, 0.1) is 12.7 Å². The number of rotatable bonds is 7. The fourth-order valence-electron chi connectivity index (χ4n) is 2.80. The first-order chi connectivity index (χ1) is 16.1. The van der Waals surface area contributed by atoms with Crippen molar-refractivity contribution in [3.05, 3.63) is 95.8 Å². The molecular weight excluding hydrogens is 483 g/mol. The number of carbonyl (C=O) groups is 2. The normalized spacial score (nSPS) is 10.6. The van der Waals surface area contributed by atoms with Gasteiger partial charge in [0.05, 0.1) is 4.90 Å². The molecule has 10 heteroatoms. The number of hydrogen-bond acceptors (Lipinski definition) is 4. The molecule has 0 saturated carbocycles.